The molecule has 8 heteroatoms. The summed E-state index contributed by atoms with van der Waals surface area (Å²) in [5.41, 5.74) is 3.70. The topological polar surface area (TPSA) is 81.9 Å². The van der Waals surface area contributed by atoms with Crippen LogP contribution in [0.4, 0.5) is 0 Å². The number of benzene rings is 1. The van der Waals surface area contributed by atoms with Gasteiger partial charge in [0.2, 0.25) is 0 Å². The Morgan fingerprint density at radius 3 is 2.83 bits per heavy atom. The van der Waals surface area contributed by atoms with Crippen LogP contribution in [0.15, 0.2) is 29.4 Å². The van der Waals surface area contributed by atoms with E-state index in [1.807, 2.05) is 18.2 Å². The predicted octanol–water partition coefficient (Wildman–Crippen LogP) is 0.719. The average molecular weight is 347 g/mol. The van der Waals surface area contributed by atoms with Crippen molar-refractivity contribution in [1.29, 1.82) is 5.26 Å². The Balaban J connectivity index is 1.63. The quantitative estimate of drug-likeness (QED) is 0.427. The zero-order chi connectivity index (χ0) is 17.0. The lowest BCUT2D eigenvalue weighted by Gasteiger charge is -2.26. The normalized spacial score (nSPS) is 15.0. The molecule has 0 saturated carbocycles. The first-order valence-corrected chi connectivity index (χ1v) is 8.15. The average Bonchev–Trinajstić information content (AvgIpc) is 2.62. The Kier molecular flexibility index (Phi) is 7.97. The second-order valence-electron chi connectivity index (χ2n) is 5.10. The molecule has 1 aromatic carbocycles. The Hall–Kier alpha value is -2.21. The van der Waals surface area contributed by atoms with Gasteiger partial charge in [0, 0.05) is 26.2 Å². The number of nitriles is 1. The van der Waals surface area contributed by atoms with Crippen molar-refractivity contribution in [2.24, 2.45) is 5.10 Å². The number of morpholine rings is 1. The molecular formula is C16H21N5O2S. The molecule has 0 spiro atoms. The third kappa shape index (κ3) is 6.91. The number of hydrogen-bond acceptors (Lipinski definition) is 6. The lowest BCUT2D eigenvalue weighted by molar-refractivity contribution is 0.0389. The third-order valence-electron chi connectivity index (χ3n) is 3.38. The summed E-state index contributed by atoms with van der Waals surface area (Å²) in [7, 11) is 0. The Morgan fingerprint density at radius 1 is 1.38 bits per heavy atom. The summed E-state index contributed by atoms with van der Waals surface area (Å²) in [5, 5.41) is 16.2. The zero-order valence-corrected chi connectivity index (χ0v) is 14.2. The van der Waals surface area contributed by atoms with E-state index in [2.05, 4.69) is 20.7 Å². The first-order chi connectivity index (χ1) is 11.8. The van der Waals surface area contributed by atoms with Gasteiger partial charge >= 0.3 is 0 Å². The van der Waals surface area contributed by atoms with Gasteiger partial charge < -0.3 is 14.8 Å². The highest BCUT2D eigenvalue weighted by Crippen LogP contribution is 2.10. The predicted molar refractivity (Wildman–Crippen MR) is 96.1 cm³/mol. The Labute approximate surface area is 147 Å². The molecule has 7 nitrogen and oxygen atoms in total. The molecule has 24 heavy (non-hydrogen) atoms. The number of rotatable bonds is 7. The molecule has 1 aliphatic heterocycles. The molecule has 0 aromatic heterocycles. The molecule has 2 N–H and O–H groups in total. The summed E-state index contributed by atoms with van der Waals surface area (Å²) in [6.45, 7) is 5.27. The van der Waals surface area contributed by atoms with Crippen molar-refractivity contribution in [2.75, 3.05) is 46.0 Å². The lowest BCUT2D eigenvalue weighted by atomic mass is 10.2. The maximum absolute atomic E-state index is 8.46. The number of thiocarbonyl (C=S) groups is 1. The van der Waals surface area contributed by atoms with E-state index < -0.39 is 0 Å². The molecule has 128 valence electrons. The smallest absolute Gasteiger partial charge is 0.187 e. The Bertz CT molecular complexity index is 579. The second kappa shape index (κ2) is 10.5. The number of nitrogens with zero attached hydrogens (tertiary/aromatic N) is 3. The number of ether oxygens (including phenoxy) is 2. The van der Waals surface area contributed by atoms with E-state index in [9.17, 15) is 0 Å². The van der Waals surface area contributed by atoms with Crippen LogP contribution in [0.1, 0.15) is 5.56 Å². The van der Waals surface area contributed by atoms with E-state index in [1.165, 1.54) is 0 Å². The first-order valence-electron chi connectivity index (χ1n) is 7.75. The molecule has 1 saturated heterocycles. The molecule has 0 unspecified atom stereocenters. The molecule has 0 amide bonds. The maximum atomic E-state index is 8.46. The third-order valence-corrected chi connectivity index (χ3v) is 3.62. The summed E-state index contributed by atoms with van der Waals surface area (Å²) >= 11 is 5.18. The molecule has 0 radical (unpaired) electrons. The Morgan fingerprint density at radius 2 is 2.12 bits per heavy atom. The van der Waals surface area contributed by atoms with Crippen molar-refractivity contribution >= 4 is 23.5 Å². The van der Waals surface area contributed by atoms with Crippen LogP contribution in [-0.4, -0.2) is 62.2 Å². The van der Waals surface area contributed by atoms with E-state index in [4.69, 9.17) is 27.0 Å². The molecule has 1 aliphatic rings. The van der Waals surface area contributed by atoms with E-state index in [1.54, 1.807) is 18.3 Å². The van der Waals surface area contributed by atoms with Gasteiger partial charge in [0.25, 0.3) is 0 Å². The highest BCUT2D eigenvalue weighted by atomic mass is 32.1. The molecule has 1 aromatic rings. The summed E-state index contributed by atoms with van der Waals surface area (Å²) < 4.78 is 10.5. The molecule has 1 heterocycles. The van der Waals surface area contributed by atoms with Crippen molar-refractivity contribution in [2.45, 2.75) is 0 Å². The van der Waals surface area contributed by atoms with Gasteiger partial charge in [-0.2, -0.15) is 10.4 Å². The minimum Gasteiger partial charge on any atom is -0.479 e. The van der Waals surface area contributed by atoms with Gasteiger partial charge in [-0.25, -0.2) is 0 Å². The van der Waals surface area contributed by atoms with E-state index >= 15 is 0 Å². The van der Waals surface area contributed by atoms with E-state index in [0.29, 0.717) is 10.9 Å². The van der Waals surface area contributed by atoms with Crippen molar-refractivity contribution in [3.8, 4) is 11.8 Å². The van der Waals surface area contributed by atoms with E-state index in [0.717, 1.165) is 45.0 Å². The molecule has 2 rings (SSSR count). The second-order valence-corrected chi connectivity index (χ2v) is 5.50. The highest BCUT2D eigenvalue weighted by Gasteiger charge is 2.09. The lowest BCUT2D eigenvalue weighted by Crippen LogP contribution is -2.42. The van der Waals surface area contributed by atoms with Crippen molar-refractivity contribution in [1.82, 2.24) is 15.6 Å². The fraction of sp³-hybridized carbons (Fsp3) is 0.438. The number of hydrogen-bond donors (Lipinski definition) is 2. The van der Waals surface area contributed by atoms with Crippen LogP contribution in [0, 0.1) is 11.3 Å². The van der Waals surface area contributed by atoms with Crippen LogP contribution < -0.4 is 15.5 Å². The monoisotopic (exact) mass is 347 g/mol. The summed E-state index contributed by atoms with van der Waals surface area (Å²) in [4.78, 5) is 2.33. The van der Waals surface area contributed by atoms with Gasteiger partial charge in [0.1, 0.15) is 11.8 Å². The number of hydrazone groups is 1. The standard InChI is InChI=1S/C16H21N5O2S/c17-5-10-23-15-3-1-14(2-4-15)13-19-20-16(24)18-6-7-21-8-11-22-12-9-21/h1-4,13H,6-12H2,(H2,18,20,24)/b19-13-. The van der Waals surface area contributed by atoms with Crippen LogP contribution in [0.2, 0.25) is 0 Å². The van der Waals surface area contributed by atoms with Crippen LogP contribution in [-0.2, 0) is 4.74 Å². The molecule has 0 bridgehead atoms. The molecule has 0 aliphatic carbocycles. The first kappa shape index (κ1) is 18.1. The van der Waals surface area contributed by atoms with Crippen molar-refractivity contribution in [3.05, 3.63) is 29.8 Å². The largest absolute Gasteiger partial charge is 0.479 e. The highest BCUT2D eigenvalue weighted by molar-refractivity contribution is 7.80. The van der Waals surface area contributed by atoms with Gasteiger partial charge in [0.15, 0.2) is 11.7 Å². The summed E-state index contributed by atoms with van der Waals surface area (Å²) in [5.74, 6) is 0.655. The fourth-order valence-corrected chi connectivity index (χ4v) is 2.28. The van der Waals surface area contributed by atoms with Gasteiger partial charge in [0.05, 0.1) is 19.4 Å². The molecule has 1 fully saturated rings. The number of nitrogens with one attached hydrogen (secondary N) is 2. The molecular weight excluding hydrogens is 326 g/mol. The maximum Gasteiger partial charge on any atom is 0.187 e. The molecule has 0 atom stereocenters. The SMILES string of the molecule is N#CCOc1ccc(/C=N\NC(=S)NCCN2CCOCC2)cc1. The van der Waals surface area contributed by atoms with Gasteiger partial charge in [-0.1, -0.05) is 0 Å². The van der Waals surface area contributed by atoms with Crippen molar-refractivity contribution < 1.29 is 9.47 Å². The van der Waals surface area contributed by atoms with Crippen LogP contribution in [0.25, 0.3) is 0 Å². The van der Waals surface area contributed by atoms with Crippen molar-refractivity contribution in [3.63, 3.8) is 0 Å². The summed E-state index contributed by atoms with van der Waals surface area (Å²) in [6, 6.07) is 9.21. The van der Waals surface area contributed by atoms with Crippen LogP contribution >= 0.6 is 12.2 Å². The van der Waals surface area contributed by atoms with E-state index in [-0.39, 0.29) is 6.61 Å². The van der Waals surface area contributed by atoms with Gasteiger partial charge in [-0.15, -0.1) is 0 Å². The van der Waals surface area contributed by atoms with Gasteiger partial charge in [-0.3, -0.25) is 10.3 Å². The van der Waals surface area contributed by atoms with Crippen LogP contribution in [0.3, 0.4) is 0 Å². The zero-order valence-electron chi connectivity index (χ0n) is 13.4. The van der Waals surface area contributed by atoms with Gasteiger partial charge in [-0.05, 0) is 42.0 Å². The minimum atomic E-state index is 0.0411. The van der Waals surface area contributed by atoms with Crippen LogP contribution in [0.5, 0.6) is 5.75 Å². The summed E-state index contributed by atoms with van der Waals surface area (Å²) in [6.07, 6.45) is 1.67. The minimum absolute atomic E-state index is 0.0411. The fourth-order valence-electron chi connectivity index (χ4n) is 2.12.